The Morgan fingerprint density at radius 1 is 1.35 bits per heavy atom. The Balaban J connectivity index is 2.33. The number of nitrogens with one attached hydrogen (secondary N) is 1. The summed E-state index contributed by atoms with van der Waals surface area (Å²) in [5.74, 6) is 0. The number of para-hydroxylation sites is 1. The van der Waals surface area contributed by atoms with Crippen LogP contribution in [-0.4, -0.2) is 23.4 Å². The molecule has 0 saturated heterocycles. The van der Waals surface area contributed by atoms with Gasteiger partial charge in [-0.15, -0.1) is 17.7 Å². The third-order valence-electron chi connectivity index (χ3n) is 2.01. The van der Waals surface area contributed by atoms with Crippen LogP contribution < -0.4 is 4.72 Å². The molecule has 17 heavy (non-hydrogen) atoms. The molecule has 0 unspecified atom stereocenters. The van der Waals surface area contributed by atoms with Crippen LogP contribution in [0.1, 0.15) is 0 Å². The Labute approximate surface area is 104 Å². The normalized spacial score (nSPS) is 11.4. The molecule has 2 aromatic rings. The molecule has 0 aliphatic heterocycles. The number of hydrogen-bond acceptors (Lipinski definition) is 5. The second-order valence-electron chi connectivity index (χ2n) is 3.35. The van der Waals surface area contributed by atoms with Gasteiger partial charge in [0.2, 0.25) is 5.03 Å². The van der Waals surface area contributed by atoms with E-state index in [9.17, 15) is 8.42 Å². The van der Waals surface area contributed by atoms with E-state index in [1.54, 1.807) is 31.3 Å². The van der Waals surface area contributed by atoms with Crippen LogP contribution in [0.25, 0.3) is 0 Å². The van der Waals surface area contributed by atoms with Gasteiger partial charge in [0, 0.05) is 11.9 Å². The van der Waals surface area contributed by atoms with Gasteiger partial charge in [0.25, 0.3) is 10.0 Å². The van der Waals surface area contributed by atoms with E-state index < -0.39 is 10.0 Å². The predicted molar refractivity (Wildman–Crippen MR) is 65.5 cm³/mol. The molecule has 0 fully saturated rings. The van der Waals surface area contributed by atoms with Crippen molar-refractivity contribution in [2.24, 2.45) is 7.05 Å². The molecule has 0 bridgehead atoms. The summed E-state index contributed by atoms with van der Waals surface area (Å²) in [7, 11) is -2.11. The highest BCUT2D eigenvalue weighted by Gasteiger charge is 2.18. The van der Waals surface area contributed by atoms with Gasteiger partial charge in [-0.05, 0) is 12.1 Å². The second kappa shape index (κ2) is 4.38. The van der Waals surface area contributed by atoms with E-state index in [4.69, 9.17) is 0 Å². The number of aryl methyl sites for hydroxylation is 1. The lowest BCUT2D eigenvalue weighted by Gasteiger charge is -2.06. The minimum Gasteiger partial charge on any atom is -0.277 e. The number of benzene rings is 1. The average molecular weight is 270 g/mol. The Morgan fingerprint density at radius 2 is 2.06 bits per heavy atom. The van der Waals surface area contributed by atoms with Crippen LogP contribution in [0.2, 0.25) is 0 Å². The highest BCUT2D eigenvalue weighted by atomic mass is 32.2. The van der Waals surface area contributed by atoms with Crippen LogP contribution in [0.4, 0.5) is 5.69 Å². The van der Waals surface area contributed by atoms with Gasteiger partial charge in [-0.25, -0.2) is 0 Å². The first kappa shape index (κ1) is 11.9. The third-order valence-corrected chi connectivity index (χ3v) is 3.62. The lowest BCUT2D eigenvalue weighted by atomic mass is 10.3. The first-order valence-electron chi connectivity index (χ1n) is 4.66. The molecule has 1 aromatic carbocycles. The maximum Gasteiger partial charge on any atom is 0.282 e. The van der Waals surface area contributed by atoms with E-state index in [1.807, 2.05) is 0 Å². The Bertz CT molecular complexity index is 636. The van der Waals surface area contributed by atoms with Crippen molar-refractivity contribution in [1.29, 1.82) is 0 Å². The summed E-state index contributed by atoms with van der Waals surface area (Å²) in [4.78, 5) is 0.542. The zero-order chi connectivity index (χ0) is 12.5. The van der Waals surface area contributed by atoms with Crippen LogP contribution in [-0.2, 0) is 17.1 Å². The lowest BCUT2D eigenvalue weighted by Crippen LogP contribution is -2.13. The van der Waals surface area contributed by atoms with Crippen LogP contribution in [0.5, 0.6) is 0 Å². The number of nitrogens with zero attached hydrogens (tertiary/aromatic N) is 3. The molecule has 0 aliphatic rings. The molecular formula is C9H10N4O2S2. The molecular weight excluding hydrogens is 260 g/mol. The van der Waals surface area contributed by atoms with E-state index >= 15 is 0 Å². The molecule has 0 spiro atoms. The molecule has 1 heterocycles. The van der Waals surface area contributed by atoms with Crippen LogP contribution in [0.15, 0.2) is 40.4 Å². The molecule has 0 saturated carbocycles. The van der Waals surface area contributed by atoms with E-state index in [2.05, 4.69) is 27.7 Å². The maximum absolute atomic E-state index is 11.9. The molecule has 0 atom stereocenters. The highest BCUT2D eigenvalue weighted by molar-refractivity contribution is 7.92. The SMILES string of the molecule is Cn1cc(S(=O)(=O)Nc2ccccc2S)nn1. The standard InChI is InChI=1S/C9H10N4O2S2/c1-13-6-9(10-12-13)17(14,15)11-7-4-2-3-5-8(7)16/h2-6,11,16H,1H3. The summed E-state index contributed by atoms with van der Waals surface area (Å²) in [5.41, 5.74) is 0.404. The Hall–Kier alpha value is -1.54. The fourth-order valence-electron chi connectivity index (χ4n) is 1.21. The van der Waals surface area contributed by atoms with E-state index in [1.165, 1.54) is 10.9 Å². The van der Waals surface area contributed by atoms with Crippen molar-refractivity contribution >= 4 is 28.3 Å². The first-order chi connectivity index (χ1) is 7.99. The average Bonchev–Trinajstić information content (AvgIpc) is 2.69. The summed E-state index contributed by atoms with van der Waals surface area (Å²) in [5, 5.41) is 7.00. The van der Waals surface area contributed by atoms with Crippen molar-refractivity contribution < 1.29 is 8.42 Å². The second-order valence-corrected chi connectivity index (χ2v) is 5.46. The largest absolute Gasteiger partial charge is 0.282 e. The Morgan fingerprint density at radius 3 is 2.65 bits per heavy atom. The molecule has 2 rings (SSSR count). The lowest BCUT2D eigenvalue weighted by molar-refractivity contribution is 0.597. The minimum absolute atomic E-state index is 0.128. The van der Waals surface area contributed by atoms with E-state index in [-0.39, 0.29) is 5.03 Å². The molecule has 0 aliphatic carbocycles. The molecule has 90 valence electrons. The number of aromatic nitrogens is 3. The van der Waals surface area contributed by atoms with Gasteiger partial charge >= 0.3 is 0 Å². The fourth-order valence-corrected chi connectivity index (χ4v) is 2.51. The summed E-state index contributed by atoms with van der Waals surface area (Å²) in [6.45, 7) is 0. The van der Waals surface area contributed by atoms with E-state index in [0.29, 0.717) is 10.6 Å². The van der Waals surface area contributed by atoms with Crippen molar-refractivity contribution in [3.8, 4) is 0 Å². The zero-order valence-electron chi connectivity index (χ0n) is 8.90. The van der Waals surface area contributed by atoms with Gasteiger partial charge in [0.15, 0.2) is 0 Å². The van der Waals surface area contributed by atoms with Gasteiger partial charge in [0.05, 0.1) is 11.9 Å². The quantitative estimate of drug-likeness (QED) is 0.813. The number of sulfonamides is 1. The van der Waals surface area contributed by atoms with Crippen LogP contribution in [0, 0.1) is 0 Å². The van der Waals surface area contributed by atoms with Crippen LogP contribution >= 0.6 is 12.6 Å². The van der Waals surface area contributed by atoms with Gasteiger partial charge in [-0.3, -0.25) is 9.40 Å². The van der Waals surface area contributed by atoms with Crippen molar-refractivity contribution in [1.82, 2.24) is 15.0 Å². The minimum atomic E-state index is -3.71. The summed E-state index contributed by atoms with van der Waals surface area (Å²) < 4.78 is 27.5. The zero-order valence-corrected chi connectivity index (χ0v) is 10.6. The monoisotopic (exact) mass is 270 g/mol. The summed E-state index contributed by atoms with van der Waals surface area (Å²) in [6, 6.07) is 6.80. The molecule has 0 radical (unpaired) electrons. The topological polar surface area (TPSA) is 76.9 Å². The number of thiol groups is 1. The molecule has 1 aromatic heterocycles. The van der Waals surface area contributed by atoms with Gasteiger partial charge in [-0.2, -0.15) is 8.42 Å². The highest BCUT2D eigenvalue weighted by Crippen LogP contribution is 2.21. The first-order valence-corrected chi connectivity index (χ1v) is 6.59. The molecule has 0 amide bonds. The maximum atomic E-state index is 11.9. The van der Waals surface area contributed by atoms with Crippen molar-refractivity contribution in [2.75, 3.05) is 4.72 Å². The number of hydrogen-bond donors (Lipinski definition) is 2. The predicted octanol–water partition coefficient (Wildman–Crippen LogP) is 0.905. The van der Waals surface area contributed by atoms with Gasteiger partial charge in [-0.1, -0.05) is 17.3 Å². The number of rotatable bonds is 3. The molecule has 8 heteroatoms. The fraction of sp³-hybridized carbons (Fsp3) is 0.111. The van der Waals surface area contributed by atoms with Crippen molar-refractivity contribution in [2.45, 2.75) is 9.92 Å². The van der Waals surface area contributed by atoms with Crippen molar-refractivity contribution in [3.05, 3.63) is 30.5 Å². The van der Waals surface area contributed by atoms with Crippen LogP contribution in [0.3, 0.4) is 0 Å². The van der Waals surface area contributed by atoms with Crippen molar-refractivity contribution in [3.63, 3.8) is 0 Å². The smallest absolute Gasteiger partial charge is 0.277 e. The van der Waals surface area contributed by atoms with Gasteiger partial charge < -0.3 is 0 Å². The Kier molecular flexibility index (Phi) is 3.07. The summed E-state index contributed by atoms with van der Waals surface area (Å²) in [6.07, 6.45) is 1.32. The molecule has 1 N–H and O–H groups in total. The number of anilines is 1. The van der Waals surface area contributed by atoms with Gasteiger partial charge in [0.1, 0.15) is 0 Å². The van der Waals surface area contributed by atoms with E-state index in [0.717, 1.165) is 0 Å². The third kappa shape index (κ3) is 2.59. The molecule has 6 nitrogen and oxygen atoms in total. The summed E-state index contributed by atoms with van der Waals surface area (Å²) >= 11 is 4.16.